The van der Waals surface area contributed by atoms with Crippen molar-refractivity contribution in [1.29, 1.82) is 0 Å². The van der Waals surface area contributed by atoms with Crippen molar-refractivity contribution in [1.82, 2.24) is 5.32 Å². The van der Waals surface area contributed by atoms with E-state index >= 15 is 0 Å². The van der Waals surface area contributed by atoms with Gasteiger partial charge in [-0.05, 0) is 31.6 Å². The molecule has 0 aromatic carbocycles. The maximum Gasteiger partial charge on any atom is 0.306 e. The number of nitrogens with one attached hydrogen (secondary N) is 1. The maximum atomic E-state index is 12.0. The highest BCUT2D eigenvalue weighted by atomic mass is 16.5. The van der Waals surface area contributed by atoms with Crippen molar-refractivity contribution in [2.75, 3.05) is 19.8 Å². The van der Waals surface area contributed by atoms with Gasteiger partial charge in [-0.3, -0.25) is 9.59 Å². The molecule has 5 heteroatoms. The number of amides is 1. The molecule has 0 spiro atoms. The smallest absolute Gasteiger partial charge is 0.306 e. The van der Waals surface area contributed by atoms with Crippen LogP contribution in [-0.2, 0) is 14.3 Å². The molecule has 0 aromatic heterocycles. The molecule has 0 radical (unpaired) electrons. The molecule has 1 amide bonds. The summed E-state index contributed by atoms with van der Waals surface area (Å²) in [5.74, 6) is -0.803. The number of carboxylic acid groups (broad SMARTS) is 1. The molecule has 5 nitrogen and oxygen atoms in total. The summed E-state index contributed by atoms with van der Waals surface area (Å²) in [6, 6.07) is 0. The molecule has 2 N–H and O–H groups in total. The minimum Gasteiger partial charge on any atom is -0.481 e. The van der Waals surface area contributed by atoms with Gasteiger partial charge in [-0.2, -0.15) is 0 Å². The Bertz CT molecular complexity index is 325. The molecule has 108 valence electrons. The largest absolute Gasteiger partial charge is 0.481 e. The summed E-state index contributed by atoms with van der Waals surface area (Å²) in [5.41, 5.74) is 0. The number of ether oxygens (including phenoxy) is 1. The Hall–Kier alpha value is -1.10. The first kappa shape index (κ1) is 14.3. The van der Waals surface area contributed by atoms with Crippen molar-refractivity contribution in [2.24, 2.45) is 17.8 Å². The quantitative estimate of drug-likeness (QED) is 0.809. The Kier molecular flexibility index (Phi) is 5.19. The van der Waals surface area contributed by atoms with Crippen molar-refractivity contribution in [3.8, 4) is 0 Å². The number of carbonyl (C=O) groups is 2. The molecule has 2 unspecified atom stereocenters. The van der Waals surface area contributed by atoms with Gasteiger partial charge in [-0.25, -0.2) is 0 Å². The molecule has 1 saturated heterocycles. The Labute approximate surface area is 113 Å². The molecule has 1 aliphatic heterocycles. The Morgan fingerprint density at radius 3 is 2.47 bits per heavy atom. The predicted octanol–water partition coefficient (Wildman–Crippen LogP) is 1.42. The van der Waals surface area contributed by atoms with E-state index in [-0.39, 0.29) is 23.7 Å². The third-order valence-corrected chi connectivity index (χ3v) is 4.36. The van der Waals surface area contributed by atoms with Crippen molar-refractivity contribution in [3.05, 3.63) is 0 Å². The van der Waals surface area contributed by atoms with E-state index in [2.05, 4.69) is 5.32 Å². The van der Waals surface area contributed by atoms with Gasteiger partial charge in [0, 0.05) is 25.7 Å². The van der Waals surface area contributed by atoms with Crippen LogP contribution in [0.2, 0.25) is 0 Å². The summed E-state index contributed by atoms with van der Waals surface area (Å²) >= 11 is 0. The van der Waals surface area contributed by atoms with Crippen molar-refractivity contribution in [2.45, 2.75) is 38.5 Å². The average molecular weight is 269 g/mol. The molecule has 2 atom stereocenters. The van der Waals surface area contributed by atoms with Crippen LogP contribution < -0.4 is 5.32 Å². The van der Waals surface area contributed by atoms with Crippen LogP contribution >= 0.6 is 0 Å². The van der Waals surface area contributed by atoms with Crippen LogP contribution in [0.5, 0.6) is 0 Å². The molecular weight excluding hydrogens is 246 g/mol. The number of carboxylic acids is 1. The van der Waals surface area contributed by atoms with Gasteiger partial charge in [0.05, 0.1) is 5.92 Å². The van der Waals surface area contributed by atoms with Gasteiger partial charge >= 0.3 is 5.97 Å². The van der Waals surface area contributed by atoms with Gasteiger partial charge in [-0.1, -0.05) is 12.8 Å². The number of aliphatic carboxylic acids is 1. The van der Waals surface area contributed by atoms with E-state index in [1.165, 1.54) is 0 Å². The molecule has 0 bridgehead atoms. The van der Waals surface area contributed by atoms with Gasteiger partial charge < -0.3 is 15.2 Å². The van der Waals surface area contributed by atoms with E-state index in [1.54, 1.807) is 0 Å². The monoisotopic (exact) mass is 269 g/mol. The normalized spacial score (nSPS) is 28.8. The van der Waals surface area contributed by atoms with Crippen molar-refractivity contribution in [3.63, 3.8) is 0 Å². The molecule has 1 heterocycles. The van der Waals surface area contributed by atoms with Crippen LogP contribution in [0.3, 0.4) is 0 Å². The van der Waals surface area contributed by atoms with Crippen LogP contribution in [0.15, 0.2) is 0 Å². The van der Waals surface area contributed by atoms with Gasteiger partial charge in [0.15, 0.2) is 0 Å². The lowest BCUT2D eigenvalue weighted by atomic mass is 9.79. The highest BCUT2D eigenvalue weighted by Crippen LogP contribution is 2.29. The lowest BCUT2D eigenvalue weighted by molar-refractivity contribution is -0.145. The predicted molar refractivity (Wildman–Crippen MR) is 69.6 cm³/mol. The van der Waals surface area contributed by atoms with E-state index in [0.29, 0.717) is 19.8 Å². The number of rotatable bonds is 4. The molecule has 0 aromatic rings. The highest BCUT2D eigenvalue weighted by molar-refractivity contribution is 5.78. The van der Waals surface area contributed by atoms with E-state index in [1.807, 2.05) is 0 Å². The first-order valence-corrected chi connectivity index (χ1v) is 7.26. The van der Waals surface area contributed by atoms with Crippen LogP contribution in [-0.4, -0.2) is 36.7 Å². The summed E-state index contributed by atoms with van der Waals surface area (Å²) in [6.45, 7) is 1.81. The standard InChI is InChI=1S/C14H23NO4/c16-13(10-5-7-19-8-6-10)15-9-11-3-1-2-4-12(11)14(17)18/h10-12H,1-9H2,(H,15,16)(H,17,18). The Morgan fingerprint density at radius 1 is 1.11 bits per heavy atom. The molecule has 1 aliphatic carbocycles. The minimum atomic E-state index is -0.718. The summed E-state index contributed by atoms with van der Waals surface area (Å²) in [6.07, 6.45) is 5.26. The molecule has 2 aliphatic rings. The number of hydrogen-bond donors (Lipinski definition) is 2. The maximum absolute atomic E-state index is 12.0. The van der Waals surface area contributed by atoms with Gasteiger partial charge in [0.25, 0.3) is 0 Å². The molecular formula is C14H23NO4. The molecule has 2 fully saturated rings. The van der Waals surface area contributed by atoms with E-state index in [4.69, 9.17) is 4.74 Å². The first-order valence-electron chi connectivity index (χ1n) is 7.26. The first-order chi connectivity index (χ1) is 9.18. The zero-order valence-corrected chi connectivity index (χ0v) is 11.3. The van der Waals surface area contributed by atoms with E-state index in [9.17, 15) is 14.7 Å². The van der Waals surface area contributed by atoms with E-state index < -0.39 is 5.97 Å². The fourth-order valence-electron chi connectivity index (χ4n) is 3.11. The summed E-state index contributed by atoms with van der Waals surface area (Å²) < 4.78 is 5.24. The third-order valence-electron chi connectivity index (χ3n) is 4.36. The zero-order chi connectivity index (χ0) is 13.7. The third kappa shape index (κ3) is 3.93. The summed E-state index contributed by atoms with van der Waals surface area (Å²) in [5, 5.41) is 12.1. The Morgan fingerprint density at radius 2 is 1.79 bits per heavy atom. The minimum absolute atomic E-state index is 0.0422. The molecule has 2 rings (SSSR count). The van der Waals surface area contributed by atoms with Crippen LogP contribution in [0.25, 0.3) is 0 Å². The second kappa shape index (κ2) is 6.89. The van der Waals surface area contributed by atoms with Crippen LogP contribution in [0.4, 0.5) is 0 Å². The van der Waals surface area contributed by atoms with Crippen LogP contribution in [0, 0.1) is 17.8 Å². The molecule has 19 heavy (non-hydrogen) atoms. The van der Waals surface area contributed by atoms with Crippen LogP contribution in [0.1, 0.15) is 38.5 Å². The summed E-state index contributed by atoms with van der Waals surface area (Å²) in [4.78, 5) is 23.2. The van der Waals surface area contributed by atoms with Gasteiger partial charge in [0.1, 0.15) is 0 Å². The topological polar surface area (TPSA) is 75.6 Å². The highest BCUT2D eigenvalue weighted by Gasteiger charge is 2.31. The SMILES string of the molecule is O=C(NCC1CCCCC1C(=O)O)C1CCOCC1. The van der Waals surface area contributed by atoms with Crippen molar-refractivity contribution >= 4 is 11.9 Å². The average Bonchev–Trinajstić information content (AvgIpc) is 2.46. The fraction of sp³-hybridized carbons (Fsp3) is 0.857. The van der Waals surface area contributed by atoms with Crippen molar-refractivity contribution < 1.29 is 19.4 Å². The Balaban J connectivity index is 1.79. The van der Waals surface area contributed by atoms with Gasteiger partial charge in [0.2, 0.25) is 5.91 Å². The second-order valence-corrected chi connectivity index (χ2v) is 5.62. The summed E-state index contributed by atoms with van der Waals surface area (Å²) in [7, 11) is 0. The fourth-order valence-corrected chi connectivity index (χ4v) is 3.11. The zero-order valence-electron chi connectivity index (χ0n) is 11.3. The lowest BCUT2D eigenvalue weighted by Gasteiger charge is -2.29. The number of hydrogen-bond acceptors (Lipinski definition) is 3. The number of carbonyl (C=O) groups excluding carboxylic acids is 1. The van der Waals surface area contributed by atoms with E-state index in [0.717, 1.165) is 38.5 Å². The molecule has 1 saturated carbocycles. The second-order valence-electron chi connectivity index (χ2n) is 5.62. The van der Waals surface area contributed by atoms with Gasteiger partial charge in [-0.15, -0.1) is 0 Å². The lowest BCUT2D eigenvalue weighted by Crippen LogP contribution is -2.40.